The summed E-state index contributed by atoms with van der Waals surface area (Å²) in [6.07, 6.45) is 3.33. The molecule has 1 saturated heterocycles. The number of morpholine rings is 1. The van der Waals surface area contributed by atoms with Gasteiger partial charge in [-0.3, -0.25) is 4.68 Å². The van der Waals surface area contributed by atoms with Crippen LogP contribution in [0.25, 0.3) is 0 Å². The maximum atomic E-state index is 12.6. The van der Waals surface area contributed by atoms with Gasteiger partial charge in [0, 0.05) is 13.2 Å². The average Bonchev–Trinajstić information content (AvgIpc) is 2.93. The van der Waals surface area contributed by atoms with Gasteiger partial charge in [0.25, 0.3) is 0 Å². The standard InChI is InChI=1S/C17H22N4O2/c1-12-6-4-5-7-15(12)16-10-21(13(2)11-23-16)17(22)19-14-8-18-20(3)9-14/h4-9,13,16H,10-11H2,1-3H3,(H,19,22)/t13-,16+/m1/s1. The van der Waals surface area contributed by atoms with Crippen LogP contribution in [-0.4, -0.2) is 39.9 Å². The smallest absolute Gasteiger partial charge is 0.322 e. The van der Waals surface area contributed by atoms with Crippen LogP contribution in [-0.2, 0) is 11.8 Å². The zero-order valence-corrected chi connectivity index (χ0v) is 13.7. The normalized spacial score (nSPS) is 21.3. The van der Waals surface area contributed by atoms with Gasteiger partial charge in [0.15, 0.2) is 0 Å². The van der Waals surface area contributed by atoms with Gasteiger partial charge in [-0.1, -0.05) is 24.3 Å². The molecule has 1 aromatic carbocycles. The van der Waals surface area contributed by atoms with Crippen molar-refractivity contribution in [2.24, 2.45) is 7.05 Å². The highest BCUT2D eigenvalue weighted by Gasteiger charge is 2.31. The third-order valence-electron chi connectivity index (χ3n) is 4.19. The van der Waals surface area contributed by atoms with E-state index in [0.29, 0.717) is 18.8 Å². The summed E-state index contributed by atoms with van der Waals surface area (Å²) in [4.78, 5) is 14.4. The maximum absolute atomic E-state index is 12.6. The molecule has 6 heteroatoms. The molecule has 1 N–H and O–H groups in total. The molecular formula is C17H22N4O2. The second-order valence-corrected chi connectivity index (χ2v) is 6.01. The van der Waals surface area contributed by atoms with E-state index in [4.69, 9.17) is 4.74 Å². The Hall–Kier alpha value is -2.34. The Morgan fingerprint density at radius 3 is 2.87 bits per heavy atom. The van der Waals surface area contributed by atoms with Crippen molar-refractivity contribution < 1.29 is 9.53 Å². The zero-order chi connectivity index (χ0) is 16.4. The summed E-state index contributed by atoms with van der Waals surface area (Å²) in [5.41, 5.74) is 3.02. The van der Waals surface area contributed by atoms with E-state index in [1.807, 2.05) is 31.0 Å². The number of carbonyl (C=O) groups excluding carboxylic acids is 1. The number of anilines is 1. The van der Waals surface area contributed by atoms with E-state index in [2.05, 4.69) is 29.5 Å². The minimum Gasteiger partial charge on any atom is -0.370 e. The lowest BCUT2D eigenvalue weighted by atomic mass is 10.0. The minimum absolute atomic E-state index is 0.0342. The van der Waals surface area contributed by atoms with E-state index in [9.17, 15) is 4.79 Å². The van der Waals surface area contributed by atoms with Crippen LogP contribution in [0.1, 0.15) is 24.2 Å². The molecule has 1 fully saturated rings. The highest BCUT2D eigenvalue weighted by Crippen LogP contribution is 2.27. The molecule has 6 nitrogen and oxygen atoms in total. The molecule has 0 radical (unpaired) electrons. The number of hydrogen-bond acceptors (Lipinski definition) is 3. The molecule has 0 aliphatic carbocycles. The molecule has 2 amide bonds. The number of hydrogen-bond donors (Lipinski definition) is 1. The molecule has 0 bridgehead atoms. The summed E-state index contributed by atoms with van der Waals surface area (Å²) in [5, 5.41) is 6.96. The van der Waals surface area contributed by atoms with Crippen molar-refractivity contribution >= 4 is 11.7 Å². The lowest BCUT2D eigenvalue weighted by Crippen LogP contribution is -2.50. The van der Waals surface area contributed by atoms with Gasteiger partial charge in [0.2, 0.25) is 0 Å². The number of nitrogens with zero attached hydrogens (tertiary/aromatic N) is 3. The highest BCUT2D eigenvalue weighted by molar-refractivity contribution is 5.89. The predicted octanol–water partition coefficient (Wildman–Crippen LogP) is 2.72. The summed E-state index contributed by atoms with van der Waals surface area (Å²) < 4.78 is 7.61. The number of aromatic nitrogens is 2. The summed E-state index contributed by atoms with van der Waals surface area (Å²) in [6.45, 7) is 5.13. The molecule has 0 saturated carbocycles. The Morgan fingerprint density at radius 2 is 2.17 bits per heavy atom. The predicted molar refractivity (Wildman–Crippen MR) is 88.3 cm³/mol. The molecule has 23 heavy (non-hydrogen) atoms. The van der Waals surface area contributed by atoms with Crippen molar-refractivity contribution in [1.82, 2.24) is 14.7 Å². The molecule has 0 spiro atoms. The van der Waals surface area contributed by atoms with Gasteiger partial charge in [-0.25, -0.2) is 4.79 Å². The average molecular weight is 314 g/mol. The number of urea groups is 1. The topological polar surface area (TPSA) is 59.4 Å². The number of nitrogens with one attached hydrogen (secondary N) is 1. The molecule has 2 heterocycles. The molecule has 2 aromatic rings. The molecule has 1 aliphatic rings. The quantitative estimate of drug-likeness (QED) is 0.927. The lowest BCUT2D eigenvalue weighted by Gasteiger charge is -2.38. The summed E-state index contributed by atoms with van der Waals surface area (Å²) in [5.74, 6) is 0. The summed E-state index contributed by atoms with van der Waals surface area (Å²) in [6, 6.07) is 8.06. The van der Waals surface area contributed by atoms with Crippen molar-refractivity contribution in [2.75, 3.05) is 18.5 Å². The second-order valence-electron chi connectivity index (χ2n) is 6.01. The van der Waals surface area contributed by atoms with Crippen LogP contribution in [0.15, 0.2) is 36.7 Å². The third-order valence-corrected chi connectivity index (χ3v) is 4.19. The van der Waals surface area contributed by atoms with Gasteiger partial charge in [-0.05, 0) is 25.0 Å². The number of carbonyl (C=O) groups is 1. The van der Waals surface area contributed by atoms with E-state index in [-0.39, 0.29) is 18.2 Å². The van der Waals surface area contributed by atoms with E-state index < -0.39 is 0 Å². The van der Waals surface area contributed by atoms with Gasteiger partial charge < -0.3 is 15.0 Å². The Bertz CT molecular complexity index is 697. The first-order chi connectivity index (χ1) is 11.0. The first-order valence-electron chi connectivity index (χ1n) is 7.78. The van der Waals surface area contributed by atoms with Crippen LogP contribution in [0.3, 0.4) is 0 Å². The molecule has 0 unspecified atom stereocenters. The number of aryl methyl sites for hydroxylation is 2. The second kappa shape index (κ2) is 6.42. The van der Waals surface area contributed by atoms with Crippen molar-refractivity contribution in [3.05, 3.63) is 47.8 Å². The largest absolute Gasteiger partial charge is 0.370 e. The third kappa shape index (κ3) is 3.37. The van der Waals surface area contributed by atoms with Gasteiger partial charge in [-0.15, -0.1) is 0 Å². The molecular weight excluding hydrogens is 292 g/mol. The SMILES string of the molecule is Cc1ccccc1[C@@H]1CN(C(=O)Nc2cnn(C)c2)[C@H](C)CO1. The number of amides is 2. The monoisotopic (exact) mass is 314 g/mol. The minimum atomic E-state index is -0.118. The van der Waals surface area contributed by atoms with E-state index >= 15 is 0 Å². The zero-order valence-electron chi connectivity index (χ0n) is 13.7. The lowest BCUT2D eigenvalue weighted by molar-refractivity contribution is -0.0410. The van der Waals surface area contributed by atoms with E-state index in [0.717, 1.165) is 5.56 Å². The van der Waals surface area contributed by atoms with Crippen molar-refractivity contribution in [2.45, 2.75) is 26.0 Å². The van der Waals surface area contributed by atoms with Crippen molar-refractivity contribution in [3.63, 3.8) is 0 Å². The Morgan fingerprint density at radius 1 is 1.39 bits per heavy atom. The number of rotatable bonds is 2. The summed E-state index contributed by atoms with van der Waals surface area (Å²) >= 11 is 0. The first kappa shape index (κ1) is 15.6. The molecule has 1 aromatic heterocycles. The summed E-state index contributed by atoms with van der Waals surface area (Å²) in [7, 11) is 1.82. The molecule has 2 atom stereocenters. The number of benzene rings is 1. The van der Waals surface area contributed by atoms with E-state index in [1.165, 1.54) is 5.56 Å². The highest BCUT2D eigenvalue weighted by atomic mass is 16.5. The maximum Gasteiger partial charge on any atom is 0.322 e. The fourth-order valence-electron chi connectivity index (χ4n) is 2.86. The van der Waals surface area contributed by atoms with Crippen LogP contribution >= 0.6 is 0 Å². The van der Waals surface area contributed by atoms with Gasteiger partial charge >= 0.3 is 6.03 Å². The Labute approximate surface area is 136 Å². The Balaban J connectivity index is 1.73. The van der Waals surface area contributed by atoms with Crippen LogP contribution in [0.2, 0.25) is 0 Å². The fraction of sp³-hybridized carbons (Fsp3) is 0.412. The van der Waals surface area contributed by atoms with Crippen LogP contribution < -0.4 is 5.32 Å². The van der Waals surface area contributed by atoms with Crippen LogP contribution in [0.5, 0.6) is 0 Å². The Kier molecular flexibility index (Phi) is 4.34. The van der Waals surface area contributed by atoms with Crippen molar-refractivity contribution in [3.8, 4) is 0 Å². The van der Waals surface area contributed by atoms with Crippen molar-refractivity contribution in [1.29, 1.82) is 0 Å². The number of ether oxygens (including phenoxy) is 1. The van der Waals surface area contributed by atoms with Gasteiger partial charge in [-0.2, -0.15) is 5.10 Å². The fourth-order valence-corrected chi connectivity index (χ4v) is 2.86. The van der Waals surface area contributed by atoms with Crippen LogP contribution in [0, 0.1) is 6.92 Å². The first-order valence-corrected chi connectivity index (χ1v) is 7.78. The van der Waals surface area contributed by atoms with Gasteiger partial charge in [0.05, 0.1) is 31.1 Å². The van der Waals surface area contributed by atoms with Gasteiger partial charge in [0.1, 0.15) is 6.10 Å². The molecule has 122 valence electrons. The molecule has 3 rings (SSSR count). The van der Waals surface area contributed by atoms with Crippen LogP contribution in [0.4, 0.5) is 10.5 Å². The van der Waals surface area contributed by atoms with E-state index in [1.54, 1.807) is 17.1 Å². The molecule has 1 aliphatic heterocycles.